The standard InChI is InChI=1S/C19H17N7O3/c1-13(11-25-18(27)9-8-16(22-25)17-3-2-10-29-17)19(28)21-14-4-6-15(7-5-14)26-12-20-23-24-26/h2-10,12-13H,11H2,1H3,(H,21,28)/t13-/m0/s1. The van der Waals surface area contributed by atoms with E-state index in [2.05, 4.69) is 25.9 Å². The van der Waals surface area contributed by atoms with Gasteiger partial charge in [0.2, 0.25) is 5.91 Å². The lowest BCUT2D eigenvalue weighted by atomic mass is 10.1. The molecule has 29 heavy (non-hydrogen) atoms. The first-order valence-corrected chi connectivity index (χ1v) is 8.86. The second-order valence-corrected chi connectivity index (χ2v) is 6.41. The fourth-order valence-corrected chi connectivity index (χ4v) is 2.72. The minimum absolute atomic E-state index is 0.141. The molecule has 1 aromatic carbocycles. The van der Waals surface area contributed by atoms with E-state index >= 15 is 0 Å². The van der Waals surface area contributed by atoms with Crippen LogP contribution in [-0.2, 0) is 11.3 Å². The Bertz CT molecular complexity index is 1150. The molecular weight excluding hydrogens is 374 g/mol. The molecule has 3 aromatic heterocycles. The second kappa shape index (κ2) is 7.89. The van der Waals surface area contributed by atoms with Gasteiger partial charge >= 0.3 is 0 Å². The first kappa shape index (κ1) is 18.3. The van der Waals surface area contributed by atoms with E-state index in [1.807, 2.05) is 0 Å². The molecule has 0 aliphatic heterocycles. The molecule has 0 saturated carbocycles. The first-order chi connectivity index (χ1) is 14.1. The van der Waals surface area contributed by atoms with Crippen LogP contribution in [0.1, 0.15) is 6.92 Å². The quantitative estimate of drug-likeness (QED) is 0.531. The summed E-state index contributed by atoms with van der Waals surface area (Å²) in [7, 11) is 0. The Kier molecular flexibility index (Phi) is 4.97. The van der Waals surface area contributed by atoms with Crippen molar-refractivity contribution in [1.29, 1.82) is 0 Å². The smallest absolute Gasteiger partial charge is 0.266 e. The lowest BCUT2D eigenvalue weighted by Gasteiger charge is -2.14. The highest BCUT2D eigenvalue weighted by Crippen LogP contribution is 2.16. The molecule has 0 unspecified atom stereocenters. The van der Waals surface area contributed by atoms with Gasteiger partial charge in [0.05, 0.1) is 24.4 Å². The molecule has 0 bridgehead atoms. The highest BCUT2D eigenvalue weighted by Gasteiger charge is 2.16. The molecule has 0 spiro atoms. The van der Waals surface area contributed by atoms with E-state index in [1.54, 1.807) is 49.4 Å². The molecule has 10 nitrogen and oxygen atoms in total. The number of furan rings is 1. The van der Waals surface area contributed by atoms with Gasteiger partial charge in [-0.25, -0.2) is 9.36 Å². The van der Waals surface area contributed by atoms with Crippen molar-refractivity contribution in [2.45, 2.75) is 13.5 Å². The zero-order valence-electron chi connectivity index (χ0n) is 15.5. The topological polar surface area (TPSA) is 121 Å². The Hall–Kier alpha value is -4.08. The second-order valence-electron chi connectivity index (χ2n) is 6.41. The molecule has 146 valence electrons. The van der Waals surface area contributed by atoms with E-state index in [-0.39, 0.29) is 18.0 Å². The van der Waals surface area contributed by atoms with E-state index in [4.69, 9.17) is 4.42 Å². The van der Waals surface area contributed by atoms with Crippen molar-refractivity contribution in [3.05, 3.63) is 71.5 Å². The van der Waals surface area contributed by atoms with E-state index in [0.717, 1.165) is 5.69 Å². The van der Waals surface area contributed by atoms with Gasteiger partial charge in [0, 0.05) is 11.8 Å². The van der Waals surface area contributed by atoms with Crippen LogP contribution in [0.2, 0.25) is 0 Å². The number of nitrogens with zero attached hydrogens (tertiary/aromatic N) is 6. The summed E-state index contributed by atoms with van der Waals surface area (Å²) in [6, 6.07) is 13.6. The van der Waals surface area contributed by atoms with Gasteiger partial charge < -0.3 is 9.73 Å². The van der Waals surface area contributed by atoms with Gasteiger partial charge in [-0.3, -0.25) is 9.59 Å². The van der Waals surface area contributed by atoms with E-state index in [0.29, 0.717) is 17.1 Å². The average Bonchev–Trinajstić information content (AvgIpc) is 3.44. The normalized spacial score (nSPS) is 11.9. The SMILES string of the molecule is C[C@@H](Cn1nc(-c2ccco2)ccc1=O)C(=O)Nc1ccc(-n2cnnn2)cc1. The fraction of sp³-hybridized carbons (Fsp3) is 0.158. The van der Waals surface area contributed by atoms with Crippen molar-refractivity contribution >= 4 is 11.6 Å². The van der Waals surface area contributed by atoms with Gasteiger partial charge in [-0.05, 0) is 52.9 Å². The zero-order valence-corrected chi connectivity index (χ0v) is 15.5. The van der Waals surface area contributed by atoms with Crippen LogP contribution in [0.5, 0.6) is 0 Å². The van der Waals surface area contributed by atoms with Crippen molar-refractivity contribution < 1.29 is 9.21 Å². The number of rotatable bonds is 6. The summed E-state index contributed by atoms with van der Waals surface area (Å²) < 4.78 is 8.09. The summed E-state index contributed by atoms with van der Waals surface area (Å²) >= 11 is 0. The summed E-state index contributed by atoms with van der Waals surface area (Å²) in [6.45, 7) is 1.88. The molecule has 4 aromatic rings. The maximum Gasteiger partial charge on any atom is 0.266 e. The lowest BCUT2D eigenvalue weighted by molar-refractivity contribution is -0.119. The van der Waals surface area contributed by atoms with Crippen LogP contribution in [-0.4, -0.2) is 35.9 Å². The number of carbonyl (C=O) groups is 1. The third-order valence-corrected chi connectivity index (χ3v) is 4.28. The minimum Gasteiger partial charge on any atom is -0.463 e. The monoisotopic (exact) mass is 391 g/mol. The van der Waals surface area contributed by atoms with Crippen molar-refractivity contribution in [2.75, 3.05) is 5.32 Å². The zero-order chi connectivity index (χ0) is 20.2. The molecule has 4 rings (SSSR count). The summed E-state index contributed by atoms with van der Waals surface area (Å²) in [6.07, 6.45) is 3.02. The third-order valence-electron chi connectivity index (χ3n) is 4.28. The van der Waals surface area contributed by atoms with Crippen LogP contribution < -0.4 is 10.9 Å². The lowest BCUT2D eigenvalue weighted by Crippen LogP contribution is -2.31. The van der Waals surface area contributed by atoms with Crippen molar-refractivity contribution in [3.63, 3.8) is 0 Å². The van der Waals surface area contributed by atoms with E-state index in [1.165, 1.54) is 28.0 Å². The number of tetrazole rings is 1. The number of carbonyl (C=O) groups excluding carboxylic acids is 1. The minimum atomic E-state index is -0.480. The van der Waals surface area contributed by atoms with E-state index < -0.39 is 5.92 Å². The number of benzene rings is 1. The summed E-state index contributed by atoms with van der Waals surface area (Å²) in [5.41, 5.74) is 1.64. The van der Waals surface area contributed by atoms with Gasteiger partial charge in [-0.2, -0.15) is 5.10 Å². The summed E-state index contributed by atoms with van der Waals surface area (Å²) in [4.78, 5) is 24.7. The summed E-state index contributed by atoms with van der Waals surface area (Å²) in [5, 5.41) is 18.1. The number of anilines is 1. The largest absolute Gasteiger partial charge is 0.463 e. The Morgan fingerprint density at radius 2 is 2.00 bits per heavy atom. The first-order valence-electron chi connectivity index (χ1n) is 8.86. The molecule has 0 radical (unpaired) electrons. The fourth-order valence-electron chi connectivity index (χ4n) is 2.72. The highest BCUT2D eigenvalue weighted by atomic mass is 16.3. The molecule has 1 amide bonds. The highest BCUT2D eigenvalue weighted by molar-refractivity contribution is 5.92. The Labute approximate surface area is 164 Å². The molecule has 3 heterocycles. The molecule has 0 fully saturated rings. The number of nitrogens with one attached hydrogen (secondary N) is 1. The van der Waals surface area contributed by atoms with Crippen molar-refractivity contribution in [1.82, 2.24) is 30.0 Å². The van der Waals surface area contributed by atoms with Crippen molar-refractivity contribution in [3.8, 4) is 17.1 Å². The molecular formula is C19H17N7O3. The number of aromatic nitrogens is 6. The molecule has 1 N–H and O–H groups in total. The van der Waals surface area contributed by atoms with Crippen LogP contribution in [0.4, 0.5) is 5.69 Å². The summed E-state index contributed by atoms with van der Waals surface area (Å²) in [5.74, 6) is -0.151. The van der Waals surface area contributed by atoms with Crippen LogP contribution in [0, 0.1) is 5.92 Å². The van der Waals surface area contributed by atoms with Gasteiger partial charge in [-0.1, -0.05) is 6.92 Å². The van der Waals surface area contributed by atoms with Gasteiger partial charge in [0.15, 0.2) is 5.76 Å². The van der Waals surface area contributed by atoms with Crippen LogP contribution >= 0.6 is 0 Å². The third kappa shape index (κ3) is 4.10. The molecule has 0 saturated heterocycles. The molecule has 0 aliphatic rings. The van der Waals surface area contributed by atoms with Crippen LogP contribution in [0.15, 0.2) is 70.3 Å². The Morgan fingerprint density at radius 3 is 2.69 bits per heavy atom. The Morgan fingerprint density at radius 1 is 1.17 bits per heavy atom. The van der Waals surface area contributed by atoms with E-state index in [9.17, 15) is 9.59 Å². The van der Waals surface area contributed by atoms with Gasteiger partial charge in [-0.15, -0.1) is 5.10 Å². The predicted octanol–water partition coefficient (Wildman–Crippen LogP) is 1.75. The molecule has 1 atom stereocenters. The number of hydrogen-bond donors (Lipinski definition) is 1. The maximum atomic E-state index is 12.5. The molecule has 0 aliphatic carbocycles. The van der Waals surface area contributed by atoms with Gasteiger partial charge in [0.1, 0.15) is 12.0 Å². The molecule has 10 heteroatoms. The maximum absolute atomic E-state index is 12.5. The predicted molar refractivity (Wildman–Crippen MR) is 103 cm³/mol. The average molecular weight is 391 g/mol. The van der Waals surface area contributed by atoms with Crippen LogP contribution in [0.25, 0.3) is 17.1 Å². The Balaban J connectivity index is 1.43. The number of hydrogen-bond acceptors (Lipinski definition) is 7. The van der Waals surface area contributed by atoms with Gasteiger partial charge in [0.25, 0.3) is 5.56 Å². The van der Waals surface area contributed by atoms with Crippen molar-refractivity contribution in [2.24, 2.45) is 5.92 Å². The van der Waals surface area contributed by atoms with Crippen LogP contribution in [0.3, 0.4) is 0 Å². The number of amides is 1.